The van der Waals surface area contributed by atoms with E-state index in [-0.39, 0.29) is 28.3 Å². The van der Waals surface area contributed by atoms with Crippen molar-refractivity contribution in [3.05, 3.63) is 59.2 Å². The van der Waals surface area contributed by atoms with E-state index >= 15 is 0 Å². The smallest absolute Gasteiger partial charge is 0.259 e. The van der Waals surface area contributed by atoms with Crippen LogP contribution in [0, 0.1) is 13.8 Å². The van der Waals surface area contributed by atoms with Crippen molar-refractivity contribution >= 4 is 29.1 Å². The lowest BCUT2D eigenvalue weighted by atomic mass is 10.1. The number of benzene rings is 1. The van der Waals surface area contributed by atoms with Crippen LogP contribution in [0.3, 0.4) is 0 Å². The van der Waals surface area contributed by atoms with E-state index in [1.165, 1.54) is 44.6 Å². The molecule has 3 aromatic rings. The summed E-state index contributed by atoms with van der Waals surface area (Å²) in [7, 11) is 2.87. The third kappa shape index (κ3) is 5.04. The minimum Gasteiger partial charge on any atom is -0.508 e. The standard InChI is InChI=1S/C21H22N6O4/c1-11-7-19(25-12(2)24-11)27-18-9-16(15(10-23-18)20(29)22-3)26-21(30)14-6-5-13(28)8-17(14)31-4/h5-10,28H,1-4H3,(H,22,29)(H2,23,24,25,26,27,30). The van der Waals surface area contributed by atoms with Crippen LogP contribution in [-0.2, 0) is 0 Å². The Balaban J connectivity index is 1.96. The van der Waals surface area contributed by atoms with Gasteiger partial charge < -0.3 is 25.8 Å². The van der Waals surface area contributed by atoms with Crippen LogP contribution < -0.4 is 20.7 Å². The lowest BCUT2D eigenvalue weighted by Crippen LogP contribution is -2.22. The Morgan fingerprint density at radius 1 is 1.00 bits per heavy atom. The zero-order valence-electron chi connectivity index (χ0n) is 17.5. The van der Waals surface area contributed by atoms with Gasteiger partial charge in [-0.05, 0) is 26.0 Å². The Kier molecular flexibility index (Phi) is 6.29. The Morgan fingerprint density at radius 2 is 1.77 bits per heavy atom. The molecule has 0 bridgehead atoms. The molecular weight excluding hydrogens is 400 g/mol. The molecule has 4 N–H and O–H groups in total. The number of aryl methyl sites for hydroxylation is 2. The maximum absolute atomic E-state index is 12.9. The van der Waals surface area contributed by atoms with Gasteiger partial charge in [-0.2, -0.15) is 0 Å². The Morgan fingerprint density at radius 3 is 2.45 bits per heavy atom. The van der Waals surface area contributed by atoms with Gasteiger partial charge in [0.25, 0.3) is 11.8 Å². The van der Waals surface area contributed by atoms with E-state index in [4.69, 9.17) is 4.74 Å². The number of aromatic hydroxyl groups is 1. The van der Waals surface area contributed by atoms with Crippen LogP contribution in [-0.4, -0.2) is 46.0 Å². The molecule has 0 fully saturated rings. The number of ether oxygens (including phenoxy) is 1. The summed E-state index contributed by atoms with van der Waals surface area (Å²) in [6, 6.07) is 7.41. The third-order valence-electron chi connectivity index (χ3n) is 4.28. The summed E-state index contributed by atoms with van der Waals surface area (Å²) in [6.07, 6.45) is 1.35. The summed E-state index contributed by atoms with van der Waals surface area (Å²) in [5, 5.41) is 17.9. The van der Waals surface area contributed by atoms with Crippen molar-refractivity contribution in [1.29, 1.82) is 0 Å². The van der Waals surface area contributed by atoms with Crippen LogP contribution in [0.25, 0.3) is 0 Å². The predicted octanol–water partition coefficient (Wildman–Crippen LogP) is 2.56. The first-order valence-corrected chi connectivity index (χ1v) is 9.30. The molecule has 0 saturated heterocycles. The number of nitrogens with one attached hydrogen (secondary N) is 3. The van der Waals surface area contributed by atoms with Crippen molar-refractivity contribution in [2.24, 2.45) is 0 Å². The number of methoxy groups -OCH3 is 1. The van der Waals surface area contributed by atoms with Crippen LogP contribution in [0.15, 0.2) is 36.5 Å². The maximum Gasteiger partial charge on any atom is 0.259 e. The van der Waals surface area contributed by atoms with Gasteiger partial charge >= 0.3 is 0 Å². The average molecular weight is 422 g/mol. The van der Waals surface area contributed by atoms with Gasteiger partial charge in [0.05, 0.1) is 23.9 Å². The number of amides is 2. The van der Waals surface area contributed by atoms with Gasteiger partial charge in [-0.25, -0.2) is 15.0 Å². The molecule has 0 aliphatic heterocycles. The highest BCUT2D eigenvalue weighted by Crippen LogP contribution is 2.26. The van der Waals surface area contributed by atoms with Gasteiger partial charge in [0.1, 0.15) is 29.0 Å². The molecule has 2 amide bonds. The highest BCUT2D eigenvalue weighted by molar-refractivity contribution is 6.10. The van der Waals surface area contributed by atoms with Crippen LogP contribution in [0.2, 0.25) is 0 Å². The fourth-order valence-corrected chi connectivity index (χ4v) is 2.91. The van der Waals surface area contributed by atoms with E-state index in [1.54, 1.807) is 13.0 Å². The van der Waals surface area contributed by atoms with Crippen molar-refractivity contribution in [3.8, 4) is 11.5 Å². The molecule has 2 aromatic heterocycles. The predicted molar refractivity (Wildman–Crippen MR) is 115 cm³/mol. The number of phenols is 1. The van der Waals surface area contributed by atoms with Crippen LogP contribution in [0.5, 0.6) is 11.5 Å². The first-order chi connectivity index (χ1) is 14.8. The summed E-state index contributed by atoms with van der Waals surface area (Å²) < 4.78 is 5.17. The van der Waals surface area contributed by atoms with E-state index in [0.717, 1.165) is 5.69 Å². The molecule has 0 aliphatic carbocycles. The number of carbonyl (C=O) groups is 2. The first kappa shape index (κ1) is 21.5. The third-order valence-corrected chi connectivity index (χ3v) is 4.28. The number of nitrogens with zero attached hydrogens (tertiary/aromatic N) is 3. The number of pyridine rings is 1. The monoisotopic (exact) mass is 422 g/mol. The molecule has 10 nitrogen and oxygen atoms in total. The van der Waals surface area contributed by atoms with Crippen molar-refractivity contribution < 1.29 is 19.4 Å². The Bertz CT molecular complexity index is 1130. The van der Waals surface area contributed by atoms with Gasteiger partial charge in [0.2, 0.25) is 0 Å². The molecule has 31 heavy (non-hydrogen) atoms. The van der Waals surface area contributed by atoms with Gasteiger partial charge in [0, 0.05) is 37.1 Å². The molecular formula is C21H22N6O4. The number of hydrogen-bond acceptors (Lipinski definition) is 8. The second-order valence-corrected chi connectivity index (χ2v) is 6.60. The molecule has 0 atom stereocenters. The number of phenolic OH excluding ortho intramolecular Hbond substituents is 1. The molecule has 0 aliphatic rings. The topological polar surface area (TPSA) is 138 Å². The molecule has 0 radical (unpaired) electrons. The first-order valence-electron chi connectivity index (χ1n) is 9.30. The number of anilines is 3. The number of carbonyl (C=O) groups excluding carboxylic acids is 2. The molecule has 0 spiro atoms. The summed E-state index contributed by atoms with van der Waals surface area (Å²) in [5.41, 5.74) is 1.38. The minimum absolute atomic E-state index is 0.0368. The van der Waals surface area contributed by atoms with Crippen LogP contribution in [0.4, 0.5) is 17.3 Å². The molecule has 3 rings (SSSR count). The maximum atomic E-state index is 12.9. The number of rotatable bonds is 6. The molecule has 0 unspecified atom stereocenters. The van der Waals surface area contributed by atoms with Crippen molar-refractivity contribution in [2.75, 3.05) is 24.8 Å². The van der Waals surface area contributed by atoms with Gasteiger partial charge in [-0.15, -0.1) is 0 Å². The quantitative estimate of drug-likeness (QED) is 0.475. The van der Waals surface area contributed by atoms with E-state index in [1.807, 2.05) is 6.92 Å². The molecule has 2 heterocycles. The van der Waals surface area contributed by atoms with E-state index in [9.17, 15) is 14.7 Å². The van der Waals surface area contributed by atoms with Gasteiger partial charge in [-0.3, -0.25) is 9.59 Å². The second-order valence-electron chi connectivity index (χ2n) is 6.60. The Hall–Kier alpha value is -4.21. The summed E-state index contributed by atoms with van der Waals surface area (Å²) >= 11 is 0. The number of aromatic nitrogens is 3. The van der Waals surface area contributed by atoms with Crippen molar-refractivity contribution in [2.45, 2.75) is 13.8 Å². The molecule has 0 saturated carbocycles. The lowest BCUT2D eigenvalue weighted by molar-refractivity contribution is 0.0963. The summed E-state index contributed by atoms with van der Waals surface area (Å²) in [6.45, 7) is 3.62. The van der Waals surface area contributed by atoms with Crippen molar-refractivity contribution in [1.82, 2.24) is 20.3 Å². The highest BCUT2D eigenvalue weighted by atomic mass is 16.5. The summed E-state index contributed by atoms with van der Waals surface area (Å²) in [5.74, 6) is 0.718. The van der Waals surface area contributed by atoms with Gasteiger partial charge in [0.15, 0.2) is 0 Å². The summed E-state index contributed by atoms with van der Waals surface area (Å²) in [4.78, 5) is 37.9. The molecule has 1 aromatic carbocycles. The normalized spacial score (nSPS) is 10.3. The zero-order chi connectivity index (χ0) is 22.5. The van der Waals surface area contributed by atoms with E-state index in [2.05, 4.69) is 30.9 Å². The minimum atomic E-state index is -0.520. The second kappa shape index (κ2) is 9.08. The fraction of sp³-hybridized carbons (Fsp3) is 0.190. The molecule has 160 valence electrons. The van der Waals surface area contributed by atoms with Crippen LogP contribution in [0.1, 0.15) is 32.2 Å². The lowest BCUT2D eigenvalue weighted by Gasteiger charge is -2.14. The SMILES string of the molecule is CNC(=O)c1cnc(Nc2cc(C)nc(C)n2)cc1NC(=O)c1ccc(O)cc1OC. The van der Waals surface area contributed by atoms with E-state index in [0.29, 0.717) is 17.5 Å². The zero-order valence-corrected chi connectivity index (χ0v) is 17.5. The van der Waals surface area contributed by atoms with Crippen LogP contribution >= 0.6 is 0 Å². The highest BCUT2D eigenvalue weighted by Gasteiger charge is 2.18. The average Bonchev–Trinajstić information content (AvgIpc) is 2.72. The number of hydrogen-bond donors (Lipinski definition) is 4. The molecule has 10 heteroatoms. The largest absolute Gasteiger partial charge is 0.508 e. The Labute approximate surface area is 178 Å². The van der Waals surface area contributed by atoms with Crippen molar-refractivity contribution in [3.63, 3.8) is 0 Å². The fourth-order valence-electron chi connectivity index (χ4n) is 2.91. The van der Waals surface area contributed by atoms with E-state index < -0.39 is 11.8 Å². The van der Waals surface area contributed by atoms with Gasteiger partial charge in [-0.1, -0.05) is 0 Å².